The molecule has 0 aliphatic carbocycles. The van der Waals surface area contributed by atoms with Crippen LogP contribution in [0.4, 0.5) is 0 Å². The summed E-state index contributed by atoms with van der Waals surface area (Å²) < 4.78 is 10.1. The van der Waals surface area contributed by atoms with E-state index in [1.807, 2.05) is 30.3 Å². The smallest absolute Gasteiger partial charge is 0.162 e. The van der Waals surface area contributed by atoms with Crippen LogP contribution in [0.25, 0.3) is 0 Å². The molecular formula is C13H18O3. The Morgan fingerprint density at radius 3 is 2.38 bits per heavy atom. The third kappa shape index (κ3) is 4.13. The molecule has 0 unspecified atom stereocenters. The van der Waals surface area contributed by atoms with E-state index in [0.29, 0.717) is 6.42 Å². The van der Waals surface area contributed by atoms with E-state index in [-0.39, 0.29) is 12.1 Å². The third-order valence-corrected chi connectivity index (χ3v) is 2.47. The molecule has 1 rings (SSSR count). The van der Waals surface area contributed by atoms with Crippen LogP contribution in [0.15, 0.2) is 30.3 Å². The Kier molecular flexibility index (Phi) is 5.75. The van der Waals surface area contributed by atoms with Crippen molar-refractivity contribution in [1.29, 1.82) is 0 Å². The SMILES string of the molecule is COC(CCCC(=O)c1ccccc1)OC. The van der Waals surface area contributed by atoms with Gasteiger partial charge in [-0.1, -0.05) is 30.3 Å². The molecule has 0 aromatic heterocycles. The number of Topliss-reactive ketones (excluding diaryl/α,β-unsaturated/α-hetero) is 1. The molecule has 0 fully saturated rings. The maximum atomic E-state index is 11.7. The van der Waals surface area contributed by atoms with E-state index < -0.39 is 0 Å². The van der Waals surface area contributed by atoms with Gasteiger partial charge in [0.2, 0.25) is 0 Å². The van der Waals surface area contributed by atoms with E-state index in [2.05, 4.69) is 0 Å². The van der Waals surface area contributed by atoms with Gasteiger partial charge in [-0.05, 0) is 12.8 Å². The van der Waals surface area contributed by atoms with E-state index in [1.54, 1.807) is 14.2 Å². The van der Waals surface area contributed by atoms with Gasteiger partial charge in [0.25, 0.3) is 0 Å². The highest BCUT2D eigenvalue weighted by atomic mass is 16.7. The topological polar surface area (TPSA) is 35.5 Å². The van der Waals surface area contributed by atoms with Crippen molar-refractivity contribution in [1.82, 2.24) is 0 Å². The molecule has 0 amide bonds. The fraction of sp³-hybridized carbons (Fsp3) is 0.462. The summed E-state index contributed by atoms with van der Waals surface area (Å²) in [6.45, 7) is 0. The summed E-state index contributed by atoms with van der Waals surface area (Å²) in [5.74, 6) is 0.173. The standard InChI is InChI=1S/C13H18O3/c1-15-13(16-2)10-6-9-12(14)11-7-4-3-5-8-11/h3-5,7-8,13H,6,9-10H2,1-2H3. The molecule has 0 saturated heterocycles. The van der Waals surface area contributed by atoms with Crippen LogP contribution >= 0.6 is 0 Å². The molecule has 0 N–H and O–H groups in total. The van der Waals surface area contributed by atoms with Crippen LogP contribution < -0.4 is 0 Å². The average Bonchev–Trinajstić information content (AvgIpc) is 2.35. The fourth-order valence-electron chi connectivity index (χ4n) is 1.53. The van der Waals surface area contributed by atoms with Crippen LogP contribution in [-0.4, -0.2) is 26.3 Å². The monoisotopic (exact) mass is 222 g/mol. The molecule has 0 atom stereocenters. The molecule has 0 spiro atoms. The van der Waals surface area contributed by atoms with Crippen LogP contribution in [0, 0.1) is 0 Å². The van der Waals surface area contributed by atoms with Gasteiger partial charge in [0.05, 0.1) is 0 Å². The summed E-state index contributed by atoms with van der Waals surface area (Å²) in [4.78, 5) is 11.7. The minimum absolute atomic E-state index is 0.173. The van der Waals surface area contributed by atoms with Crippen molar-refractivity contribution in [2.45, 2.75) is 25.6 Å². The number of methoxy groups -OCH3 is 2. The molecule has 16 heavy (non-hydrogen) atoms. The maximum absolute atomic E-state index is 11.7. The summed E-state index contributed by atoms with van der Waals surface area (Å²) >= 11 is 0. The quantitative estimate of drug-likeness (QED) is 0.525. The first-order valence-corrected chi connectivity index (χ1v) is 5.41. The third-order valence-electron chi connectivity index (χ3n) is 2.47. The van der Waals surface area contributed by atoms with Gasteiger partial charge < -0.3 is 9.47 Å². The molecule has 1 aromatic rings. The van der Waals surface area contributed by atoms with Crippen molar-refractivity contribution in [2.24, 2.45) is 0 Å². The van der Waals surface area contributed by atoms with Gasteiger partial charge in [0, 0.05) is 26.2 Å². The highest BCUT2D eigenvalue weighted by Crippen LogP contribution is 2.09. The largest absolute Gasteiger partial charge is 0.356 e. The molecular weight excluding hydrogens is 204 g/mol. The fourth-order valence-corrected chi connectivity index (χ4v) is 1.53. The van der Waals surface area contributed by atoms with Crippen LogP contribution in [-0.2, 0) is 9.47 Å². The van der Waals surface area contributed by atoms with Crippen molar-refractivity contribution in [3.05, 3.63) is 35.9 Å². The lowest BCUT2D eigenvalue weighted by Gasteiger charge is -2.12. The number of benzene rings is 1. The molecule has 88 valence electrons. The highest BCUT2D eigenvalue weighted by molar-refractivity contribution is 5.95. The summed E-state index contributed by atoms with van der Waals surface area (Å²) in [5, 5.41) is 0. The maximum Gasteiger partial charge on any atom is 0.162 e. The number of ether oxygens (including phenoxy) is 2. The summed E-state index contributed by atoms with van der Waals surface area (Å²) in [7, 11) is 3.21. The predicted octanol–water partition coefficient (Wildman–Crippen LogP) is 2.66. The Morgan fingerprint density at radius 1 is 1.19 bits per heavy atom. The second-order valence-electron chi connectivity index (χ2n) is 3.58. The normalized spacial score (nSPS) is 10.7. The number of hydrogen-bond acceptors (Lipinski definition) is 3. The number of carbonyl (C=O) groups is 1. The van der Waals surface area contributed by atoms with Gasteiger partial charge >= 0.3 is 0 Å². The Labute approximate surface area is 96.4 Å². The average molecular weight is 222 g/mol. The molecule has 1 aromatic carbocycles. The Balaban J connectivity index is 2.31. The van der Waals surface area contributed by atoms with E-state index in [0.717, 1.165) is 18.4 Å². The van der Waals surface area contributed by atoms with Crippen LogP contribution in [0.2, 0.25) is 0 Å². The Morgan fingerprint density at radius 2 is 1.81 bits per heavy atom. The van der Waals surface area contributed by atoms with Gasteiger partial charge in [-0.25, -0.2) is 0 Å². The lowest BCUT2D eigenvalue weighted by atomic mass is 10.1. The lowest BCUT2D eigenvalue weighted by Crippen LogP contribution is -2.13. The van der Waals surface area contributed by atoms with Crippen LogP contribution in [0.5, 0.6) is 0 Å². The van der Waals surface area contributed by atoms with E-state index >= 15 is 0 Å². The molecule has 0 bridgehead atoms. The zero-order chi connectivity index (χ0) is 11.8. The van der Waals surface area contributed by atoms with Crippen molar-refractivity contribution in [2.75, 3.05) is 14.2 Å². The summed E-state index contributed by atoms with van der Waals surface area (Å²) in [5.41, 5.74) is 0.772. The molecule has 0 saturated carbocycles. The number of hydrogen-bond donors (Lipinski definition) is 0. The molecule has 3 nitrogen and oxygen atoms in total. The van der Waals surface area contributed by atoms with Crippen molar-refractivity contribution in [3.63, 3.8) is 0 Å². The Bertz CT molecular complexity index is 304. The minimum Gasteiger partial charge on any atom is -0.356 e. The molecule has 0 aliphatic heterocycles. The zero-order valence-electron chi connectivity index (χ0n) is 9.81. The first-order valence-electron chi connectivity index (χ1n) is 5.41. The predicted molar refractivity (Wildman–Crippen MR) is 62.4 cm³/mol. The minimum atomic E-state index is -0.205. The highest BCUT2D eigenvalue weighted by Gasteiger charge is 2.08. The van der Waals surface area contributed by atoms with Gasteiger partial charge in [0.15, 0.2) is 12.1 Å². The van der Waals surface area contributed by atoms with Gasteiger partial charge in [-0.15, -0.1) is 0 Å². The number of carbonyl (C=O) groups excluding carboxylic acids is 1. The summed E-state index contributed by atoms with van der Waals surface area (Å²) in [6, 6.07) is 9.34. The van der Waals surface area contributed by atoms with Gasteiger partial charge in [-0.2, -0.15) is 0 Å². The molecule has 3 heteroatoms. The lowest BCUT2D eigenvalue weighted by molar-refractivity contribution is -0.106. The molecule has 0 radical (unpaired) electrons. The first kappa shape index (κ1) is 12.9. The van der Waals surface area contributed by atoms with Crippen molar-refractivity contribution >= 4 is 5.78 Å². The van der Waals surface area contributed by atoms with Gasteiger partial charge in [0.1, 0.15) is 0 Å². The van der Waals surface area contributed by atoms with Crippen LogP contribution in [0.1, 0.15) is 29.6 Å². The second kappa shape index (κ2) is 7.14. The zero-order valence-corrected chi connectivity index (χ0v) is 9.81. The van der Waals surface area contributed by atoms with E-state index in [9.17, 15) is 4.79 Å². The number of ketones is 1. The van der Waals surface area contributed by atoms with Crippen molar-refractivity contribution < 1.29 is 14.3 Å². The van der Waals surface area contributed by atoms with E-state index in [1.165, 1.54) is 0 Å². The first-order chi connectivity index (χ1) is 7.77. The van der Waals surface area contributed by atoms with Gasteiger partial charge in [-0.3, -0.25) is 4.79 Å². The van der Waals surface area contributed by atoms with Crippen LogP contribution in [0.3, 0.4) is 0 Å². The van der Waals surface area contributed by atoms with Crippen molar-refractivity contribution in [3.8, 4) is 0 Å². The number of rotatable bonds is 7. The summed E-state index contributed by atoms with van der Waals surface area (Å²) in [6.07, 6.45) is 1.85. The second-order valence-corrected chi connectivity index (χ2v) is 3.58. The molecule has 0 heterocycles. The van der Waals surface area contributed by atoms with E-state index in [4.69, 9.17) is 9.47 Å². The Hall–Kier alpha value is -1.19. The molecule has 0 aliphatic rings.